The van der Waals surface area contributed by atoms with E-state index in [1.54, 1.807) is 6.20 Å². The molecule has 0 saturated heterocycles. The van der Waals surface area contributed by atoms with Gasteiger partial charge in [-0.1, -0.05) is 0 Å². The first kappa shape index (κ1) is 13.9. The Kier molecular flexibility index (Phi) is 3.66. The number of anilines is 1. The normalized spacial score (nSPS) is 36.5. The zero-order valence-electron chi connectivity index (χ0n) is 11.9. The summed E-state index contributed by atoms with van der Waals surface area (Å²) in [6, 6.07) is 4.49. The molecule has 2 N–H and O–H groups in total. The lowest BCUT2D eigenvalue weighted by molar-refractivity contribution is -0.00665. The van der Waals surface area contributed by atoms with Crippen LogP contribution in [0.15, 0.2) is 22.8 Å². The molecule has 1 aromatic rings. The number of pyridine rings is 1. The van der Waals surface area contributed by atoms with Gasteiger partial charge in [0.15, 0.2) is 5.11 Å². The Balaban J connectivity index is 1.39. The Hall–Kier alpha value is -0.680. The van der Waals surface area contributed by atoms with Crippen LogP contribution in [0, 0.1) is 23.7 Å². The van der Waals surface area contributed by atoms with Crippen LogP contribution in [0.2, 0.25) is 0 Å². The molecule has 0 radical (unpaired) electrons. The monoisotopic (exact) mass is 365 g/mol. The van der Waals surface area contributed by atoms with Crippen molar-refractivity contribution in [1.29, 1.82) is 0 Å². The molecule has 4 saturated carbocycles. The van der Waals surface area contributed by atoms with Crippen molar-refractivity contribution in [2.24, 2.45) is 23.7 Å². The number of nitrogens with zero attached hydrogens (tertiary/aromatic N) is 1. The summed E-state index contributed by atoms with van der Waals surface area (Å²) in [5.41, 5.74) is 0. The SMILES string of the molecule is S=C(Nc1ccc(Br)cn1)NC1C2CC3CC(C2)CC1C3. The lowest BCUT2D eigenvalue weighted by Crippen LogP contribution is -2.56. The number of hydrogen-bond donors (Lipinski definition) is 2. The molecule has 0 unspecified atom stereocenters. The van der Waals surface area contributed by atoms with E-state index in [1.807, 2.05) is 12.1 Å². The van der Waals surface area contributed by atoms with Gasteiger partial charge < -0.3 is 10.6 Å². The van der Waals surface area contributed by atoms with Crippen LogP contribution in [-0.2, 0) is 0 Å². The number of hydrogen-bond acceptors (Lipinski definition) is 2. The summed E-state index contributed by atoms with van der Waals surface area (Å²) in [7, 11) is 0. The van der Waals surface area contributed by atoms with Crippen LogP contribution in [0.3, 0.4) is 0 Å². The fourth-order valence-corrected chi connectivity index (χ4v) is 5.39. The Morgan fingerprint density at radius 1 is 1.10 bits per heavy atom. The third kappa shape index (κ3) is 2.82. The van der Waals surface area contributed by atoms with Crippen LogP contribution < -0.4 is 10.6 Å². The van der Waals surface area contributed by atoms with E-state index in [9.17, 15) is 0 Å². The van der Waals surface area contributed by atoms with E-state index in [1.165, 1.54) is 32.1 Å². The maximum absolute atomic E-state index is 5.49. The molecule has 4 aliphatic carbocycles. The molecule has 1 aromatic heterocycles. The standard InChI is InChI=1S/C16H20BrN3S/c17-13-1-2-14(18-8-13)19-16(21)20-15-11-4-9-3-10(6-11)7-12(15)5-9/h1-2,8-12,15H,3-7H2,(H2,18,19,20,21). The molecular weight excluding hydrogens is 346 g/mol. The van der Waals surface area contributed by atoms with Crippen LogP contribution in [0.1, 0.15) is 32.1 Å². The van der Waals surface area contributed by atoms with Gasteiger partial charge in [-0.2, -0.15) is 0 Å². The molecule has 0 spiro atoms. The first-order chi connectivity index (χ1) is 10.2. The molecule has 4 bridgehead atoms. The second-order valence-corrected chi connectivity index (χ2v) is 8.24. The highest BCUT2D eigenvalue weighted by molar-refractivity contribution is 9.10. The van der Waals surface area contributed by atoms with Crippen molar-refractivity contribution in [2.75, 3.05) is 5.32 Å². The largest absolute Gasteiger partial charge is 0.359 e. The van der Waals surface area contributed by atoms with Gasteiger partial charge in [-0.3, -0.25) is 0 Å². The van der Waals surface area contributed by atoms with Gasteiger partial charge in [0.25, 0.3) is 0 Å². The van der Waals surface area contributed by atoms with Crippen molar-refractivity contribution >= 4 is 39.1 Å². The first-order valence-electron chi connectivity index (χ1n) is 7.86. The van der Waals surface area contributed by atoms with E-state index >= 15 is 0 Å². The summed E-state index contributed by atoms with van der Waals surface area (Å²) >= 11 is 8.89. The summed E-state index contributed by atoms with van der Waals surface area (Å²) in [6.45, 7) is 0. The minimum absolute atomic E-state index is 0.577. The zero-order chi connectivity index (χ0) is 14.4. The summed E-state index contributed by atoms with van der Waals surface area (Å²) < 4.78 is 0.980. The van der Waals surface area contributed by atoms with E-state index in [2.05, 4.69) is 31.5 Å². The van der Waals surface area contributed by atoms with Crippen molar-refractivity contribution in [2.45, 2.75) is 38.1 Å². The number of halogens is 1. The number of rotatable bonds is 2. The molecule has 112 valence electrons. The van der Waals surface area contributed by atoms with Crippen LogP contribution in [0.5, 0.6) is 0 Å². The average Bonchev–Trinajstić information content (AvgIpc) is 2.45. The van der Waals surface area contributed by atoms with Gasteiger partial charge >= 0.3 is 0 Å². The van der Waals surface area contributed by atoms with E-state index in [4.69, 9.17) is 12.2 Å². The summed E-state index contributed by atoms with van der Waals surface area (Å²) in [4.78, 5) is 4.32. The third-order valence-electron chi connectivity index (χ3n) is 5.49. The molecule has 4 aliphatic rings. The highest BCUT2D eigenvalue weighted by Gasteiger charge is 2.48. The Morgan fingerprint density at radius 2 is 1.76 bits per heavy atom. The second-order valence-electron chi connectivity index (χ2n) is 6.92. The lowest BCUT2D eigenvalue weighted by Gasteiger charge is -2.54. The molecule has 0 atom stereocenters. The predicted octanol–water partition coefficient (Wildman–Crippen LogP) is 3.96. The van der Waals surface area contributed by atoms with Gasteiger partial charge in [0, 0.05) is 16.7 Å². The summed E-state index contributed by atoms with van der Waals surface area (Å²) in [5.74, 6) is 4.47. The van der Waals surface area contributed by atoms with E-state index in [0.717, 1.165) is 39.1 Å². The van der Waals surface area contributed by atoms with Crippen LogP contribution >= 0.6 is 28.1 Å². The molecule has 3 nitrogen and oxygen atoms in total. The highest BCUT2D eigenvalue weighted by atomic mass is 79.9. The highest BCUT2D eigenvalue weighted by Crippen LogP contribution is 2.53. The minimum atomic E-state index is 0.577. The topological polar surface area (TPSA) is 37.0 Å². The van der Waals surface area contributed by atoms with E-state index < -0.39 is 0 Å². The van der Waals surface area contributed by atoms with Gasteiger partial charge in [0.1, 0.15) is 5.82 Å². The molecule has 1 heterocycles. The van der Waals surface area contributed by atoms with Gasteiger partial charge in [0.05, 0.1) is 0 Å². The van der Waals surface area contributed by atoms with Crippen molar-refractivity contribution in [3.63, 3.8) is 0 Å². The maximum atomic E-state index is 5.49. The summed E-state index contributed by atoms with van der Waals surface area (Å²) in [6.07, 6.45) is 8.90. The molecule has 4 fully saturated rings. The van der Waals surface area contributed by atoms with Crippen molar-refractivity contribution in [1.82, 2.24) is 10.3 Å². The molecule has 0 aromatic carbocycles. The van der Waals surface area contributed by atoms with Crippen LogP contribution in [0.25, 0.3) is 0 Å². The Bertz CT molecular complexity index is 517. The second kappa shape index (κ2) is 5.51. The van der Waals surface area contributed by atoms with Gasteiger partial charge in [0.2, 0.25) is 0 Å². The third-order valence-corrected chi connectivity index (χ3v) is 6.18. The van der Waals surface area contributed by atoms with Crippen LogP contribution in [0.4, 0.5) is 5.82 Å². The molecule has 21 heavy (non-hydrogen) atoms. The lowest BCUT2D eigenvalue weighted by atomic mass is 9.54. The van der Waals surface area contributed by atoms with Crippen molar-refractivity contribution in [3.8, 4) is 0 Å². The number of thiocarbonyl (C=S) groups is 1. The van der Waals surface area contributed by atoms with Gasteiger partial charge in [-0.25, -0.2) is 4.98 Å². The zero-order valence-corrected chi connectivity index (χ0v) is 14.3. The van der Waals surface area contributed by atoms with Crippen LogP contribution in [-0.4, -0.2) is 16.1 Å². The molecular formula is C16H20BrN3S. The molecule has 0 amide bonds. The fourth-order valence-electron chi connectivity index (χ4n) is 4.91. The van der Waals surface area contributed by atoms with E-state index in [-0.39, 0.29) is 0 Å². The smallest absolute Gasteiger partial charge is 0.172 e. The first-order valence-corrected chi connectivity index (χ1v) is 9.06. The Labute approximate surface area is 139 Å². The molecule has 5 rings (SSSR count). The quantitative estimate of drug-likeness (QED) is 0.777. The van der Waals surface area contributed by atoms with Crippen molar-refractivity contribution < 1.29 is 0 Å². The number of aromatic nitrogens is 1. The summed E-state index contributed by atoms with van der Waals surface area (Å²) in [5, 5.41) is 7.53. The van der Waals surface area contributed by atoms with Crippen molar-refractivity contribution in [3.05, 3.63) is 22.8 Å². The van der Waals surface area contributed by atoms with Gasteiger partial charge in [-0.15, -0.1) is 0 Å². The average molecular weight is 366 g/mol. The van der Waals surface area contributed by atoms with E-state index in [0.29, 0.717) is 6.04 Å². The maximum Gasteiger partial charge on any atom is 0.172 e. The molecule has 0 aliphatic heterocycles. The predicted molar refractivity (Wildman–Crippen MR) is 92.1 cm³/mol. The Morgan fingerprint density at radius 3 is 2.33 bits per heavy atom. The fraction of sp³-hybridized carbons (Fsp3) is 0.625. The molecule has 5 heteroatoms. The number of nitrogens with one attached hydrogen (secondary N) is 2. The minimum Gasteiger partial charge on any atom is -0.359 e. The van der Waals surface area contributed by atoms with Gasteiger partial charge in [-0.05, 0) is 96.1 Å².